The first-order chi connectivity index (χ1) is 12.4. The fourth-order valence-electron chi connectivity index (χ4n) is 4.39. The summed E-state index contributed by atoms with van der Waals surface area (Å²) in [5, 5.41) is 0. The Balaban J connectivity index is 1.39. The van der Waals surface area contributed by atoms with Crippen LogP contribution in [-0.4, -0.2) is 100 Å². The van der Waals surface area contributed by atoms with Crippen LogP contribution in [0.5, 0.6) is 0 Å². The molecule has 5 heteroatoms. The summed E-state index contributed by atoms with van der Waals surface area (Å²) in [7, 11) is 0. The summed E-state index contributed by atoms with van der Waals surface area (Å²) < 4.78 is 11.0. The van der Waals surface area contributed by atoms with Gasteiger partial charge >= 0.3 is 0 Å². The van der Waals surface area contributed by atoms with E-state index in [0.717, 1.165) is 58.5 Å². The second-order valence-corrected chi connectivity index (χ2v) is 8.04. The van der Waals surface area contributed by atoms with E-state index in [9.17, 15) is 0 Å². The zero-order valence-electron chi connectivity index (χ0n) is 16.2. The maximum absolute atomic E-state index is 5.49. The van der Waals surface area contributed by atoms with Gasteiger partial charge in [-0.25, -0.2) is 0 Å². The zero-order chi connectivity index (χ0) is 17.2. The van der Waals surface area contributed by atoms with Gasteiger partial charge in [0, 0.05) is 52.4 Å². The first-order valence-corrected chi connectivity index (χ1v) is 10.7. The van der Waals surface area contributed by atoms with Crippen LogP contribution in [0.2, 0.25) is 0 Å². The molecule has 146 valence electrons. The molecular formula is C20H39N3O2. The van der Waals surface area contributed by atoms with Gasteiger partial charge in [0.25, 0.3) is 0 Å². The molecule has 25 heavy (non-hydrogen) atoms. The quantitative estimate of drug-likeness (QED) is 0.632. The normalized spacial score (nSPS) is 24.8. The first-order valence-electron chi connectivity index (χ1n) is 10.7. The molecule has 0 aromatic rings. The molecule has 1 saturated carbocycles. The van der Waals surface area contributed by atoms with Crippen LogP contribution < -0.4 is 0 Å². The Kier molecular flexibility index (Phi) is 9.00. The molecular weight excluding hydrogens is 314 g/mol. The van der Waals surface area contributed by atoms with Crippen molar-refractivity contribution in [3.05, 3.63) is 0 Å². The molecule has 0 radical (unpaired) electrons. The van der Waals surface area contributed by atoms with E-state index >= 15 is 0 Å². The summed E-state index contributed by atoms with van der Waals surface area (Å²) in [6, 6.07) is 0. The molecule has 0 aromatic heterocycles. The highest BCUT2D eigenvalue weighted by Crippen LogP contribution is 2.26. The van der Waals surface area contributed by atoms with Gasteiger partial charge in [0.1, 0.15) is 0 Å². The minimum atomic E-state index is 0.913. The second-order valence-electron chi connectivity index (χ2n) is 8.04. The van der Waals surface area contributed by atoms with Gasteiger partial charge in [-0.2, -0.15) is 0 Å². The van der Waals surface area contributed by atoms with Crippen molar-refractivity contribution >= 4 is 0 Å². The third-order valence-corrected chi connectivity index (χ3v) is 6.25. The maximum Gasteiger partial charge on any atom is 0.0594 e. The van der Waals surface area contributed by atoms with Gasteiger partial charge in [-0.3, -0.25) is 9.80 Å². The molecule has 0 bridgehead atoms. The van der Waals surface area contributed by atoms with Crippen molar-refractivity contribution in [1.29, 1.82) is 0 Å². The van der Waals surface area contributed by atoms with Crippen LogP contribution in [0, 0.1) is 5.92 Å². The Morgan fingerprint density at radius 3 is 1.72 bits per heavy atom. The molecule has 5 nitrogen and oxygen atoms in total. The molecule has 3 fully saturated rings. The molecule has 0 N–H and O–H groups in total. The number of hydrogen-bond donors (Lipinski definition) is 0. The predicted molar refractivity (Wildman–Crippen MR) is 102 cm³/mol. The summed E-state index contributed by atoms with van der Waals surface area (Å²) >= 11 is 0. The average molecular weight is 354 g/mol. The molecule has 1 aliphatic carbocycles. The van der Waals surface area contributed by atoms with E-state index in [4.69, 9.17) is 9.47 Å². The second kappa shape index (κ2) is 11.5. The van der Waals surface area contributed by atoms with Crippen LogP contribution in [0.3, 0.4) is 0 Å². The lowest BCUT2D eigenvalue weighted by Crippen LogP contribution is -2.45. The van der Waals surface area contributed by atoms with E-state index in [0.29, 0.717) is 0 Å². The van der Waals surface area contributed by atoms with Crippen molar-refractivity contribution in [2.24, 2.45) is 5.92 Å². The molecule has 2 aliphatic heterocycles. The van der Waals surface area contributed by atoms with E-state index < -0.39 is 0 Å². The highest BCUT2D eigenvalue weighted by molar-refractivity contribution is 4.72. The monoisotopic (exact) mass is 353 g/mol. The first kappa shape index (κ1) is 19.6. The Morgan fingerprint density at radius 2 is 1.20 bits per heavy atom. The van der Waals surface area contributed by atoms with Crippen molar-refractivity contribution in [2.45, 2.75) is 38.5 Å². The summed E-state index contributed by atoms with van der Waals surface area (Å²) in [4.78, 5) is 7.89. The molecule has 0 amide bonds. The zero-order valence-corrected chi connectivity index (χ0v) is 16.2. The van der Waals surface area contributed by atoms with E-state index in [-0.39, 0.29) is 0 Å². The van der Waals surface area contributed by atoms with Gasteiger partial charge in [0.05, 0.1) is 26.4 Å². The van der Waals surface area contributed by atoms with Crippen molar-refractivity contribution in [1.82, 2.24) is 14.7 Å². The third-order valence-electron chi connectivity index (χ3n) is 6.25. The average Bonchev–Trinajstić information content (AvgIpc) is 2.70. The maximum atomic E-state index is 5.49. The van der Waals surface area contributed by atoms with E-state index in [1.807, 2.05) is 0 Å². The molecule has 0 spiro atoms. The van der Waals surface area contributed by atoms with E-state index in [1.54, 1.807) is 0 Å². The van der Waals surface area contributed by atoms with Crippen molar-refractivity contribution in [3.63, 3.8) is 0 Å². The lowest BCUT2D eigenvalue weighted by molar-refractivity contribution is 0.0252. The number of ether oxygens (including phenoxy) is 2. The highest BCUT2D eigenvalue weighted by Gasteiger charge is 2.18. The van der Waals surface area contributed by atoms with Crippen LogP contribution in [0.25, 0.3) is 0 Å². The lowest BCUT2D eigenvalue weighted by Gasteiger charge is -2.33. The van der Waals surface area contributed by atoms with Crippen molar-refractivity contribution < 1.29 is 9.47 Å². The Labute approximate surface area is 154 Å². The van der Waals surface area contributed by atoms with Gasteiger partial charge in [0.2, 0.25) is 0 Å². The fourth-order valence-corrected chi connectivity index (χ4v) is 4.39. The van der Waals surface area contributed by atoms with E-state index in [1.165, 1.54) is 71.2 Å². The van der Waals surface area contributed by atoms with E-state index in [2.05, 4.69) is 14.7 Å². The summed E-state index contributed by atoms with van der Waals surface area (Å²) in [6.45, 7) is 14.2. The van der Waals surface area contributed by atoms with Crippen molar-refractivity contribution in [3.8, 4) is 0 Å². The van der Waals surface area contributed by atoms with Crippen molar-refractivity contribution in [2.75, 3.05) is 85.3 Å². The molecule has 2 saturated heterocycles. The molecule has 0 atom stereocenters. The number of nitrogens with zero attached hydrogens (tertiary/aromatic N) is 3. The molecule has 0 unspecified atom stereocenters. The standard InChI is InChI=1S/C20H39N3O2/c1-2-4-20(5-3-1)6-7-21(8-10-22-12-16-24-17-13-22)9-11-23-14-18-25-19-15-23/h20H,1-19H2. The van der Waals surface area contributed by atoms with Gasteiger partial charge in [-0.1, -0.05) is 32.1 Å². The lowest BCUT2D eigenvalue weighted by atomic mass is 9.87. The van der Waals surface area contributed by atoms with Crippen LogP contribution in [0.4, 0.5) is 0 Å². The number of morpholine rings is 2. The van der Waals surface area contributed by atoms with Gasteiger partial charge in [-0.05, 0) is 18.9 Å². The third kappa shape index (κ3) is 7.51. The Bertz CT molecular complexity index is 286. The predicted octanol–water partition coefficient (Wildman–Crippen LogP) is 1.92. The summed E-state index contributed by atoms with van der Waals surface area (Å²) in [5.74, 6) is 0.989. The minimum absolute atomic E-state index is 0.913. The van der Waals surface area contributed by atoms with Gasteiger partial charge in [0.15, 0.2) is 0 Å². The smallest absolute Gasteiger partial charge is 0.0594 e. The summed E-state index contributed by atoms with van der Waals surface area (Å²) in [5.41, 5.74) is 0. The SMILES string of the molecule is C1CCC(CCN(CCN2CCOCC2)CCN2CCOCC2)CC1. The highest BCUT2D eigenvalue weighted by atomic mass is 16.5. The Morgan fingerprint density at radius 1 is 0.680 bits per heavy atom. The Hall–Kier alpha value is -0.200. The molecule has 3 aliphatic rings. The largest absolute Gasteiger partial charge is 0.379 e. The number of rotatable bonds is 9. The van der Waals surface area contributed by atoms with Crippen LogP contribution in [0.15, 0.2) is 0 Å². The van der Waals surface area contributed by atoms with Gasteiger partial charge in [-0.15, -0.1) is 0 Å². The molecule has 2 heterocycles. The fraction of sp³-hybridized carbons (Fsp3) is 1.00. The topological polar surface area (TPSA) is 28.2 Å². The van der Waals surface area contributed by atoms with Gasteiger partial charge < -0.3 is 14.4 Å². The number of hydrogen-bond acceptors (Lipinski definition) is 5. The molecule has 3 rings (SSSR count). The minimum Gasteiger partial charge on any atom is -0.379 e. The van der Waals surface area contributed by atoms with Crippen LogP contribution in [-0.2, 0) is 9.47 Å². The van der Waals surface area contributed by atoms with Crippen LogP contribution >= 0.6 is 0 Å². The molecule has 0 aromatic carbocycles. The van der Waals surface area contributed by atoms with Crippen LogP contribution in [0.1, 0.15) is 38.5 Å². The summed E-state index contributed by atoms with van der Waals surface area (Å²) in [6.07, 6.45) is 8.75.